The number of aliphatic hydroxyl groups excluding tert-OH is 2. The first-order valence-electron chi connectivity index (χ1n) is 11.0. The maximum atomic E-state index is 12.5. The van der Waals surface area contributed by atoms with Crippen molar-refractivity contribution in [2.75, 3.05) is 19.5 Å². The number of anilines is 1. The smallest absolute Gasteiger partial charge is 0.344 e. The summed E-state index contributed by atoms with van der Waals surface area (Å²) in [6.07, 6.45) is -3.96. The number of carbonyl (C=O) groups is 1. The van der Waals surface area contributed by atoms with E-state index in [2.05, 4.69) is 35.6 Å². The number of nitrogens with zero attached hydrogens (tertiary/aromatic N) is 7. The predicted molar refractivity (Wildman–Crippen MR) is 122 cm³/mol. The number of nitrogens with one attached hydrogen (secondary N) is 1. The summed E-state index contributed by atoms with van der Waals surface area (Å²) in [4.78, 5) is 24.9. The third-order valence-corrected chi connectivity index (χ3v) is 6.09. The number of fused-ring (bicyclic) bond motifs is 1. The first-order chi connectivity index (χ1) is 17.8. The van der Waals surface area contributed by atoms with E-state index in [0.29, 0.717) is 5.56 Å². The standard InChI is InChI=1S/C21H23N9O7/c1-35-20-24-15(22)12-16(25-20)30(9-23-12)17-14(32)13(31)11(37-17)8-36-21(19(33)34,18-26-28-29-27-18)7-10-5-3-2-4-6-10/h2-6,9,11,13-14,17,31-32H,7-8H2,1H3,(H,33,34)(H2,22,24,25)(H,26,27,28,29)/t11-,13-,14-,17-,21-/m1/s1. The van der Waals surface area contributed by atoms with Crippen LogP contribution in [0.25, 0.3) is 11.2 Å². The molecule has 0 spiro atoms. The van der Waals surface area contributed by atoms with E-state index in [9.17, 15) is 20.1 Å². The van der Waals surface area contributed by atoms with Gasteiger partial charge in [-0.05, 0) is 16.0 Å². The number of nitrogen functional groups attached to an aromatic ring is 1. The van der Waals surface area contributed by atoms with Gasteiger partial charge in [0.25, 0.3) is 0 Å². The Hall–Kier alpha value is -4.25. The summed E-state index contributed by atoms with van der Waals surface area (Å²) in [5.41, 5.74) is 4.97. The highest BCUT2D eigenvalue weighted by Gasteiger charge is 2.50. The number of aliphatic hydroxyl groups is 2. The molecule has 1 aliphatic rings. The lowest BCUT2D eigenvalue weighted by Gasteiger charge is -2.29. The Morgan fingerprint density at radius 3 is 2.70 bits per heavy atom. The van der Waals surface area contributed by atoms with Crippen LogP contribution in [0.2, 0.25) is 0 Å². The number of hydrogen-bond donors (Lipinski definition) is 5. The number of H-pyrrole nitrogens is 1. The quantitative estimate of drug-likeness (QED) is 0.177. The van der Waals surface area contributed by atoms with Crippen molar-refractivity contribution >= 4 is 23.0 Å². The molecule has 0 bridgehead atoms. The Kier molecular flexibility index (Phi) is 6.38. The van der Waals surface area contributed by atoms with Crippen molar-refractivity contribution < 1.29 is 34.3 Å². The maximum absolute atomic E-state index is 12.5. The van der Waals surface area contributed by atoms with Gasteiger partial charge in [0.1, 0.15) is 18.3 Å². The molecule has 37 heavy (non-hydrogen) atoms. The van der Waals surface area contributed by atoms with E-state index in [0.717, 1.165) is 0 Å². The fraction of sp³-hybridized carbons (Fsp3) is 0.381. The van der Waals surface area contributed by atoms with Crippen LogP contribution in [0.4, 0.5) is 5.82 Å². The van der Waals surface area contributed by atoms with E-state index in [-0.39, 0.29) is 35.2 Å². The highest BCUT2D eigenvalue weighted by Crippen LogP contribution is 2.35. The van der Waals surface area contributed by atoms with Crippen molar-refractivity contribution in [3.63, 3.8) is 0 Å². The van der Waals surface area contributed by atoms with E-state index in [1.54, 1.807) is 30.3 Å². The minimum atomic E-state index is -2.03. The van der Waals surface area contributed by atoms with Gasteiger partial charge < -0.3 is 35.3 Å². The second-order valence-electron chi connectivity index (χ2n) is 8.32. The Balaban J connectivity index is 1.42. The van der Waals surface area contributed by atoms with E-state index in [1.165, 1.54) is 18.0 Å². The molecular formula is C21H23N9O7. The molecule has 0 radical (unpaired) electrons. The lowest BCUT2D eigenvalue weighted by atomic mass is 9.93. The van der Waals surface area contributed by atoms with Crippen LogP contribution < -0.4 is 10.5 Å². The molecule has 194 valence electrons. The summed E-state index contributed by atoms with van der Waals surface area (Å²) in [7, 11) is 1.37. The highest BCUT2D eigenvalue weighted by molar-refractivity contribution is 5.82. The van der Waals surface area contributed by atoms with Crippen LogP contribution in [0.15, 0.2) is 36.7 Å². The van der Waals surface area contributed by atoms with Gasteiger partial charge in [0.2, 0.25) is 5.60 Å². The number of tetrazole rings is 1. The third kappa shape index (κ3) is 4.31. The largest absolute Gasteiger partial charge is 0.479 e. The van der Waals surface area contributed by atoms with Crippen LogP contribution in [0.1, 0.15) is 17.6 Å². The van der Waals surface area contributed by atoms with Crippen molar-refractivity contribution in [1.29, 1.82) is 0 Å². The van der Waals surface area contributed by atoms with Crippen molar-refractivity contribution in [2.45, 2.75) is 36.6 Å². The molecule has 0 saturated carbocycles. The van der Waals surface area contributed by atoms with Crippen molar-refractivity contribution in [2.24, 2.45) is 0 Å². The number of aliphatic carboxylic acids is 1. The molecule has 0 unspecified atom stereocenters. The first kappa shape index (κ1) is 24.4. The maximum Gasteiger partial charge on any atom is 0.344 e. The summed E-state index contributed by atoms with van der Waals surface area (Å²) in [6, 6.07) is 8.75. The van der Waals surface area contributed by atoms with Crippen molar-refractivity contribution in [1.82, 2.24) is 40.1 Å². The molecule has 0 amide bonds. The number of imidazole rings is 1. The molecule has 1 saturated heterocycles. The zero-order valence-electron chi connectivity index (χ0n) is 19.4. The monoisotopic (exact) mass is 513 g/mol. The molecule has 6 N–H and O–H groups in total. The molecule has 1 aromatic carbocycles. The minimum Gasteiger partial charge on any atom is -0.479 e. The lowest BCUT2D eigenvalue weighted by molar-refractivity contribution is -0.177. The Bertz CT molecular complexity index is 1380. The van der Waals surface area contributed by atoms with Gasteiger partial charge in [-0.2, -0.15) is 9.97 Å². The molecule has 16 nitrogen and oxygen atoms in total. The fourth-order valence-corrected chi connectivity index (χ4v) is 4.17. The molecule has 4 heterocycles. The van der Waals surface area contributed by atoms with Gasteiger partial charge >= 0.3 is 12.0 Å². The zero-order chi connectivity index (χ0) is 26.2. The Labute approximate surface area is 208 Å². The van der Waals surface area contributed by atoms with E-state index < -0.39 is 42.7 Å². The SMILES string of the molecule is COc1nc(N)c2ncn([C@@H]3O[C@H](CO[C@@](Cc4ccccc4)(C(=O)O)c4nnn[nH]4)[C@@H](O)[C@H]3O)c2n1. The van der Waals surface area contributed by atoms with E-state index in [1.807, 2.05) is 0 Å². The fourth-order valence-electron chi connectivity index (χ4n) is 4.17. The second kappa shape index (κ2) is 9.66. The number of rotatable bonds is 9. The number of aromatic nitrogens is 8. The summed E-state index contributed by atoms with van der Waals surface area (Å²) in [5.74, 6) is -1.45. The van der Waals surface area contributed by atoms with Crippen molar-refractivity contribution in [3.05, 3.63) is 48.0 Å². The van der Waals surface area contributed by atoms with Gasteiger partial charge in [-0.15, -0.1) is 5.10 Å². The molecule has 1 aliphatic heterocycles. The van der Waals surface area contributed by atoms with Gasteiger partial charge in [0.05, 0.1) is 20.0 Å². The van der Waals surface area contributed by atoms with Crippen molar-refractivity contribution in [3.8, 4) is 6.01 Å². The van der Waals surface area contributed by atoms with Crippen LogP contribution in [0.5, 0.6) is 6.01 Å². The molecule has 1 fully saturated rings. The number of carboxylic acid groups (broad SMARTS) is 1. The normalized spacial score (nSPS) is 23.2. The van der Waals surface area contributed by atoms with E-state index in [4.69, 9.17) is 19.9 Å². The molecule has 0 aliphatic carbocycles. The van der Waals surface area contributed by atoms with Gasteiger partial charge in [0.15, 0.2) is 29.0 Å². The summed E-state index contributed by atoms with van der Waals surface area (Å²) in [6.45, 7) is -0.429. The van der Waals surface area contributed by atoms with Crippen LogP contribution in [-0.2, 0) is 26.3 Å². The number of benzene rings is 1. The van der Waals surface area contributed by atoms with Gasteiger partial charge in [-0.1, -0.05) is 30.3 Å². The summed E-state index contributed by atoms with van der Waals surface area (Å²) >= 11 is 0. The first-order valence-corrected chi connectivity index (χ1v) is 11.0. The molecule has 5 rings (SSSR count). The number of nitrogens with two attached hydrogens (primary N) is 1. The van der Waals surface area contributed by atoms with Gasteiger partial charge in [-0.3, -0.25) is 4.57 Å². The zero-order valence-corrected chi connectivity index (χ0v) is 19.4. The lowest BCUT2D eigenvalue weighted by Crippen LogP contribution is -2.45. The average molecular weight is 513 g/mol. The van der Waals surface area contributed by atoms with Gasteiger partial charge in [0, 0.05) is 6.42 Å². The minimum absolute atomic E-state index is 0.0208. The number of carboxylic acids is 1. The Morgan fingerprint density at radius 2 is 2.03 bits per heavy atom. The van der Waals surface area contributed by atoms with Crippen LogP contribution in [0.3, 0.4) is 0 Å². The number of methoxy groups -OCH3 is 1. The topological polar surface area (TPSA) is 230 Å². The average Bonchev–Trinajstić information content (AvgIpc) is 3.64. The number of ether oxygens (including phenoxy) is 3. The second-order valence-corrected chi connectivity index (χ2v) is 8.32. The summed E-state index contributed by atoms with van der Waals surface area (Å²) in [5, 5.41) is 44.9. The molecule has 16 heteroatoms. The van der Waals surface area contributed by atoms with Crippen LogP contribution >= 0.6 is 0 Å². The predicted octanol–water partition coefficient (Wildman–Crippen LogP) is -1.21. The van der Waals surface area contributed by atoms with Crippen LogP contribution in [-0.4, -0.2) is 93.5 Å². The molecule has 4 aromatic rings. The van der Waals surface area contributed by atoms with Gasteiger partial charge in [-0.25, -0.2) is 14.9 Å². The third-order valence-electron chi connectivity index (χ3n) is 6.09. The van der Waals surface area contributed by atoms with E-state index >= 15 is 0 Å². The molecule has 5 atom stereocenters. The molecular weight excluding hydrogens is 490 g/mol. The number of hydrogen-bond acceptors (Lipinski definition) is 13. The molecule has 3 aromatic heterocycles. The highest BCUT2D eigenvalue weighted by atomic mass is 16.6. The number of aromatic amines is 1. The summed E-state index contributed by atoms with van der Waals surface area (Å²) < 4.78 is 18.2. The Morgan fingerprint density at radius 1 is 1.24 bits per heavy atom. The van der Waals surface area contributed by atoms with Crippen LogP contribution in [0, 0.1) is 0 Å².